The molecule has 1 aliphatic heterocycles. The maximum Gasteiger partial charge on any atom is 0.254 e. The topological polar surface area (TPSA) is 114 Å². The van der Waals surface area contributed by atoms with E-state index in [0.717, 1.165) is 33.9 Å². The van der Waals surface area contributed by atoms with E-state index in [9.17, 15) is 9.59 Å². The van der Waals surface area contributed by atoms with Crippen molar-refractivity contribution in [3.05, 3.63) is 101 Å². The highest BCUT2D eigenvalue weighted by Gasteiger charge is 2.25. The maximum absolute atomic E-state index is 14.2. The molecule has 1 aliphatic rings. The number of ether oxygens (including phenoxy) is 3. The molecule has 1 fully saturated rings. The number of hydrogen-bond acceptors (Lipinski definition) is 7. The second kappa shape index (κ2) is 13.6. The van der Waals surface area contributed by atoms with Gasteiger partial charge in [0.1, 0.15) is 24.0 Å². The Hall–Kier alpha value is -4.71. The van der Waals surface area contributed by atoms with Gasteiger partial charge in [-0.1, -0.05) is 37.8 Å². The van der Waals surface area contributed by atoms with Gasteiger partial charge >= 0.3 is 0 Å². The summed E-state index contributed by atoms with van der Waals surface area (Å²) in [6, 6.07) is 23.6. The molecule has 2 aromatic heterocycles. The summed E-state index contributed by atoms with van der Waals surface area (Å²) in [5, 5.41) is 5.29. The van der Waals surface area contributed by atoms with E-state index in [0.29, 0.717) is 49.9 Å². The van der Waals surface area contributed by atoms with Gasteiger partial charge in [-0.2, -0.15) is 5.10 Å². The van der Waals surface area contributed by atoms with Gasteiger partial charge < -0.3 is 29.4 Å². The van der Waals surface area contributed by atoms with Crippen LogP contribution >= 0.6 is 0 Å². The van der Waals surface area contributed by atoms with Crippen LogP contribution < -0.4 is 10.5 Å². The van der Waals surface area contributed by atoms with E-state index < -0.39 is 8.07 Å². The first-order chi connectivity index (χ1) is 22.6. The van der Waals surface area contributed by atoms with Crippen molar-refractivity contribution in [3.63, 3.8) is 0 Å². The van der Waals surface area contributed by atoms with Gasteiger partial charge in [-0.3, -0.25) is 9.59 Å². The highest BCUT2D eigenvalue weighted by atomic mass is 28.3. The summed E-state index contributed by atoms with van der Waals surface area (Å²) in [5.74, 6) is 1.33. The Morgan fingerprint density at radius 3 is 2.45 bits per heavy atom. The molecular weight excluding hydrogens is 611 g/mol. The van der Waals surface area contributed by atoms with Crippen LogP contribution in [0.15, 0.2) is 79.0 Å². The van der Waals surface area contributed by atoms with Gasteiger partial charge in [-0.05, 0) is 73.1 Å². The lowest BCUT2D eigenvalue weighted by Gasteiger charge is -2.26. The summed E-state index contributed by atoms with van der Waals surface area (Å²) in [5.41, 5.74) is 10.3. The molecule has 1 saturated heterocycles. The number of amides is 1. The standard InChI is InChI=1S/C36H41N5O5Si/c1-25-20-29(46-28-8-6-5-7-9-28)11-13-31(25)41-35(37)30(23-38-41)34(42)33-22-27-21-26(36(43)39-14-16-44-17-15-39)10-12-32(27)40(33)24-45-18-19-47(2,3)4/h5-13,20-23H,14-19,24,37H2,1-4H3. The Morgan fingerprint density at radius 2 is 1.72 bits per heavy atom. The average molecular weight is 652 g/mol. The van der Waals surface area contributed by atoms with Gasteiger partial charge in [0.2, 0.25) is 5.78 Å². The predicted octanol–water partition coefficient (Wildman–Crippen LogP) is 6.53. The summed E-state index contributed by atoms with van der Waals surface area (Å²) >= 11 is 0. The second-order valence-electron chi connectivity index (χ2n) is 13.0. The van der Waals surface area contributed by atoms with Crippen molar-refractivity contribution in [2.24, 2.45) is 0 Å². The van der Waals surface area contributed by atoms with Crippen molar-refractivity contribution in [1.29, 1.82) is 0 Å². The molecule has 2 N–H and O–H groups in total. The number of nitrogen functional groups attached to an aromatic ring is 1. The Balaban J connectivity index is 1.30. The number of fused-ring (bicyclic) bond motifs is 1. The van der Waals surface area contributed by atoms with Crippen molar-refractivity contribution < 1.29 is 23.8 Å². The van der Waals surface area contributed by atoms with E-state index in [1.165, 1.54) is 6.20 Å². The zero-order valence-electron chi connectivity index (χ0n) is 27.4. The first-order valence-electron chi connectivity index (χ1n) is 15.9. The highest BCUT2D eigenvalue weighted by Crippen LogP contribution is 2.30. The van der Waals surface area contributed by atoms with Crippen LogP contribution in [0.3, 0.4) is 0 Å². The van der Waals surface area contributed by atoms with Crippen LogP contribution in [0, 0.1) is 6.92 Å². The monoisotopic (exact) mass is 651 g/mol. The number of aromatic nitrogens is 3. The Bertz CT molecular complexity index is 1900. The first kappa shape index (κ1) is 32.2. The molecule has 10 nitrogen and oxygen atoms in total. The number of carbonyl (C=O) groups excluding carboxylic acids is 2. The zero-order valence-corrected chi connectivity index (χ0v) is 28.4. The van der Waals surface area contributed by atoms with Crippen LogP contribution in [0.5, 0.6) is 11.5 Å². The molecule has 0 unspecified atom stereocenters. The van der Waals surface area contributed by atoms with Gasteiger partial charge in [0.15, 0.2) is 0 Å². The minimum absolute atomic E-state index is 0.0525. The molecule has 244 valence electrons. The molecule has 47 heavy (non-hydrogen) atoms. The number of anilines is 1. The Kier molecular flexibility index (Phi) is 9.30. The fourth-order valence-electron chi connectivity index (χ4n) is 5.63. The molecule has 0 saturated carbocycles. The van der Waals surface area contributed by atoms with Gasteiger partial charge in [-0.15, -0.1) is 0 Å². The molecule has 0 spiro atoms. The van der Waals surface area contributed by atoms with Gasteiger partial charge in [0, 0.05) is 38.7 Å². The molecule has 0 atom stereocenters. The van der Waals surface area contributed by atoms with Crippen molar-refractivity contribution in [1.82, 2.24) is 19.2 Å². The number of carbonyl (C=O) groups is 2. The van der Waals surface area contributed by atoms with E-state index in [2.05, 4.69) is 24.7 Å². The maximum atomic E-state index is 14.2. The molecule has 6 rings (SSSR count). The van der Waals surface area contributed by atoms with Crippen LogP contribution in [0.25, 0.3) is 16.6 Å². The van der Waals surface area contributed by atoms with Gasteiger partial charge in [0.05, 0.1) is 41.9 Å². The van der Waals surface area contributed by atoms with E-state index >= 15 is 0 Å². The summed E-state index contributed by atoms with van der Waals surface area (Å²) in [6.07, 6.45) is 1.51. The summed E-state index contributed by atoms with van der Waals surface area (Å²) in [4.78, 5) is 29.2. The zero-order chi connectivity index (χ0) is 33.1. The highest BCUT2D eigenvalue weighted by molar-refractivity contribution is 6.76. The van der Waals surface area contributed by atoms with E-state index in [1.807, 2.05) is 84.3 Å². The molecule has 0 aliphatic carbocycles. The third kappa shape index (κ3) is 7.17. The number of rotatable bonds is 11. The van der Waals surface area contributed by atoms with Crippen molar-refractivity contribution >= 4 is 36.5 Å². The number of ketones is 1. The lowest BCUT2D eigenvalue weighted by molar-refractivity contribution is 0.0303. The molecule has 0 bridgehead atoms. The molecule has 5 aromatic rings. The number of para-hydroxylation sites is 1. The fourth-order valence-corrected chi connectivity index (χ4v) is 6.39. The largest absolute Gasteiger partial charge is 0.457 e. The normalized spacial score (nSPS) is 13.7. The average Bonchev–Trinajstić information content (AvgIpc) is 3.62. The first-order valence-corrected chi connectivity index (χ1v) is 19.6. The van der Waals surface area contributed by atoms with Gasteiger partial charge in [0.25, 0.3) is 5.91 Å². The van der Waals surface area contributed by atoms with Gasteiger partial charge in [-0.25, -0.2) is 4.68 Å². The molecule has 3 aromatic carbocycles. The van der Waals surface area contributed by atoms with Crippen molar-refractivity contribution in [3.8, 4) is 17.2 Å². The molecule has 0 radical (unpaired) electrons. The van der Waals surface area contributed by atoms with E-state index in [1.54, 1.807) is 9.58 Å². The van der Waals surface area contributed by atoms with Crippen LogP contribution in [0.2, 0.25) is 25.7 Å². The molecule has 11 heteroatoms. The number of morpholine rings is 1. The third-order valence-electron chi connectivity index (χ3n) is 8.32. The summed E-state index contributed by atoms with van der Waals surface area (Å²) < 4.78 is 21.0. The lowest BCUT2D eigenvalue weighted by Crippen LogP contribution is -2.40. The summed E-state index contributed by atoms with van der Waals surface area (Å²) in [7, 11) is -1.31. The van der Waals surface area contributed by atoms with Crippen LogP contribution in [0.4, 0.5) is 5.82 Å². The number of nitrogens with two attached hydrogens (primary N) is 1. The quantitative estimate of drug-likeness (QED) is 0.0982. The summed E-state index contributed by atoms with van der Waals surface area (Å²) in [6.45, 7) is 11.8. The number of nitrogens with zero attached hydrogens (tertiary/aromatic N) is 4. The number of hydrogen-bond donors (Lipinski definition) is 1. The molecular formula is C36H41N5O5Si. The Morgan fingerprint density at radius 1 is 0.957 bits per heavy atom. The van der Waals surface area contributed by atoms with Crippen molar-refractivity contribution in [2.75, 3.05) is 38.6 Å². The van der Waals surface area contributed by atoms with Crippen LogP contribution in [-0.2, 0) is 16.2 Å². The lowest BCUT2D eigenvalue weighted by atomic mass is 10.1. The van der Waals surface area contributed by atoms with Crippen LogP contribution in [-0.4, -0.2) is 71.9 Å². The van der Waals surface area contributed by atoms with Crippen LogP contribution in [0.1, 0.15) is 32.0 Å². The van der Waals surface area contributed by atoms with E-state index in [-0.39, 0.29) is 29.8 Å². The predicted molar refractivity (Wildman–Crippen MR) is 185 cm³/mol. The number of aryl methyl sites for hydroxylation is 1. The molecule has 1 amide bonds. The third-order valence-corrected chi connectivity index (χ3v) is 10.0. The fraction of sp³-hybridized carbons (Fsp3) is 0.306. The number of benzene rings is 3. The smallest absolute Gasteiger partial charge is 0.254 e. The minimum atomic E-state index is -1.31. The SMILES string of the molecule is Cc1cc(Oc2ccccc2)ccc1-n1ncc(C(=O)c2cc3cc(C(=O)N4CCOCC4)ccc3n2COCC[Si](C)(C)C)c1N. The second-order valence-corrected chi connectivity index (χ2v) is 18.7. The van der Waals surface area contributed by atoms with Crippen molar-refractivity contribution in [2.45, 2.75) is 39.3 Å². The minimum Gasteiger partial charge on any atom is -0.457 e. The Labute approximate surface area is 275 Å². The van der Waals surface area contributed by atoms with E-state index in [4.69, 9.17) is 19.9 Å². The molecule has 3 heterocycles.